The molecule has 0 aromatic heterocycles. The third kappa shape index (κ3) is 4.66. The van der Waals surface area contributed by atoms with E-state index in [1.807, 2.05) is 20.8 Å². The fourth-order valence-electron chi connectivity index (χ4n) is 1.61. The highest BCUT2D eigenvalue weighted by atomic mass is 16.2. The third-order valence-corrected chi connectivity index (χ3v) is 2.95. The van der Waals surface area contributed by atoms with Crippen molar-refractivity contribution in [3.8, 4) is 0 Å². The van der Waals surface area contributed by atoms with Gasteiger partial charge in [-0.2, -0.15) is 0 Å². The van der Waals surface area contributed by atoms with Gasteiger partial charge in [0.2, 0.25) is 5.91 Å². The summed E-state index contributed by atoms with van der Waals surface area (Å²) in [7, 11) is 0. The van der Waals surface area contributed by atoms with Gasteiger partial charge >= 0.3 is 0 Å². The van der Waals surface area contributed by atoms with Crippen LogP contribution in [-0.2, 0) is 4.79 Å². The van der Waals surface area contributed by atoms with Gasteiger partial charge in [-0.15, -0.1) is 0 Å². The molecule has 0 saturated heterocycles. The summed E-state index contributed by atoms with van der Waals surface area (Å²) in [6, 6.07) is 6.27. The van der Waals surface area contributed by atoms with Gasteiger partial charge in [0, 0.05) is 17.8 Å². The Balaban J connectivity index is 2.73. The van der Waals surface area contributed by atoms with Gasteiger partial charge in [-0.1, -0.05) is 26.8 Å². The monoisotopic (exact) mass is 277 g/mol. The number of carbonyl (C=O) groups is 2. The van der Waals surface area contributed by atoms with E-state index in [2.05, 4.69) is 10.6 Å². The highest BCUT2D eigenvalue weighted by Crippen LogP contribution is 2.12. The van der Waals surface area contributed by atoms with Crippen LogP contribution < -0.4 is 16.4 Å². The maximum Gasteiger partial charge on any atom is 0.251 e. The molecule has 0 bridgehead atoms. The van der Waals surface area contributed by atoms with E-state index in [9.17, 15) is 9.59 Å². The quantitative estimate of drug-likeness (QED) is 0.740. The molecular weight excluding hydrogens is 254 g/mol. The minimum atomic E-state index is -0.562. The molecule has 0 heterocycles. The van der Waals surface area contributed by atoms with Gasteiger partial charge in [0.05, 0.1) is 6.04 Å². The summed E-state index contributed by atoms with van der Waals surface area (Å²) in [5.74, 6) is -0.326. The lowest BCUT2D eigenvalue weighted by atomic mass is 10.0. The van der Waals surface area contributed by atoms with Crippen LogP contribution in [0.15, 0.2) is 24.3 Å². The van der Waals surface area contributed by atoms with Crippen LogP contribution in [0.5, 0.6) is 0 Å². The van der Waals surface area contributed by atoms with Crippen molar-refractivity contribution in [1.29, 1.82) is 0 Å². The van der Waals surface area contributed by atoms with Crippen molar-refractivity contribution >= 4 is 17.5 Å². The Bertz CT molecular complexity index is 472. The highest BCUT2D eigenvalue weighted by molar-refractivity contribution is 5.98. The summed E-state index contributed by atoms with van der Waals surface area (Å²) in [4.78, 5) is 23.7. The summed E-state index contributed by atoms with van der Waals surface area (Å²) in [6.07, 6.45) is 0.880. The molecule has 1 rings (SSSR count). The summed E-state index contributed by atoms with van der Waals surface area (Å²) in [6.45, 7) is 6.40. The first-order valence-electron chi connectivity index (χ1n) is 6.90. The predicted molar refractivity (Wildman–Crippen MR) is 80.5 cm³/mol. The van der Waals surface area contributed by atoms with Crippen molar-refractivity contribution < 1.29 is 9.59 Å². The van der Waals surface area contributed by atoms with Crippen molar-refractivity contribution in [3.63, 3.8) is 0 Å². The molecule has 20 heavy (non-hydrogen) atoms. The summed E-state index contributed by atoms with van der Waals surface area (Å²) in [5, 5.41) is 5.52. The third-order valence-electron chi connectivity index (χ3n) is 2.95. The van der Waals surface area contributed by atoms with E-state index in [0.717, 1.165) is 6.42 Å². The predicted octanol–water partition coefficient (Wildman–Crippen LogP) is 1.75. The van der Waals surface area contributed by atoms with Gasteiger partial charge in [0.15, 0.2) is 0 Å². The molecule has 0 spiro atoms. The van der Waals surface area contributed by atoms with E-state index in [0.29, 0.717) is 17.8 Å². The first-order chi connectivity index (χ1) is 9.45. The topological polar surface area (TPSA) is 84.2 Å². The molecule has 0 aliphatic rings. The van der Waals surface area contributed by atoms with Crippen LogP contribution in [0.1, 0.15) is 37.6 Å². The molecule has 5 heteroatoms. The molecule has 1 aromatic carbocycles. The molecule has 2 amide bonds. The fourth-order valence-corrected chi connectivity index (χ4v) is 1.61. The van der Waals surface area contributed by atoms with Gasteiger partial charge in [-0.3, -0.25) is 9.59 Å². The van der Waals surface area contributed by atoms with Crippen molar-refractivity contribution in [1.82, 2.24) is 5.32 Å². The number of anilines is 1. The van der Waals surface area contributed by atoms with E-state index in [4.69, 9.17) is 5.73 Å². The lowest BCUT2D eigenvalue weighted by Gasteiger charge is -2.15. The minimum Gasteiger partial charge on any atom is -0.352 e. The van der Waals surface area contributed by atoms with Crippen LogP contribution in [-0.4, -0.2) is 24.4 Å². The van der Waals surface area contributed by atoms with E-state index >= 15 is 0 Å². The summed E-state index contributed by atoms with van der Waals surface area (Å²) < 4.78 is 0. The van der Waals surface area contributed by atoms with Crippen LogP contribution in [0, 0.1) is 5.92 Å². The molecule has 0 fully saturated rings. The largest absolute Gasteiger partial charge is 0.352 e. The molecule has 5 nitrogen and oxygen atoms in total. The molecular formula is C15H23N3O2. The Morgan fingerprint density at radius 3 is 2.60 bits per heavy atom. The minimum absolute atomic E-state index is 0.0611. The van der Waals surface area contributed by atoms with Crippen molar-refractivity contribution in [2.24, 2.45) is 11.7 Å². The summed E-state index contributed by atoms with van der Waals surface area (Å²) in [5.41, 5.74) is 6.88. The van der Waals surface area contributed by atoms with Crippen LogP contribution in [0.2, 0.25) is 0 Å². The van der Waals surface area contributed by atoms with Crippen LogP contribution in [0.25, 0.3) is 0 Å². The maximum absolute atomic E-state index is 11.9. The second-order valence-electron chi connectivity index (χ2n) is 5.10. The first kappa shape index (κ1) is 16.2. The molecule has 110 valence electrons. The summed E-state index contributed by atoms with van der Waals surface area (Å²) >= 11 is 0. The van der Waals surface area contributed by atoms with Crippen LogP contribution in [0.3, 0.4) is 0 Å². The normalized spacial score (nSPS) is 12.1. The molecule has 0 radical (unpaired) electrons. The SMILES string of the molecule is CCCNC(=O)c1cccc(NC(=O)[C@@H](N)C(C)C)c1. The molecule has 0 aliphatic heterocycles. The van der Waals surface area contributed by atoms with Crippen molar-refractivity contribution in [2.45, 2.75) is 33.2 Å². The first-order valence-corrected chi connectivity index (χ1v) is 6.90. The Morgan fingerprint density at radius 2 is 2.00 bits per heavy atom. The van der Waals surface area contributed by atoms with Gasteiger partial charge in [-0.05, 0) is 30.5 Å². The number of carbonyl (C=O) groups excluding carboxylic acids is 2. The van der Waals surface area contributed by atoms with E-state index < -0.39 is 6.04 Å². The Labute approximate surface area is 119 Å². The molecule has 1 aromatic rings. The molecule has 1 atom stereocenters. The van der Waals surface area contributed by atoms with E-state index in [-0.39, 0.29) is 17.7 Å². The second-order valence-corrected chi connectivity index (χ2v) is 5.10. The average Bonchev–Trinajstić information content (AvgIpc) is 2.43. The highest BCUT2D eigenvalue weighted by Gasteiger charge is 2.17. The Morgan fingerprint density at radius 1 is 1.30 bits per heavy atom. The lowest BCUT2D eigenvalue weighted by molar-refractivity contribution is -0.118. The molecule has 4 N–H and O–H groups in total. The number of nitrogens with one attached hydrogen (secondary N) is 2. The zero-order valence-electron chi connectivity index (χ0n) is 12.3. The fraction of sp³-hybridized carbons (Fsp3) is 0.467. The van der Waals surface area contributed by atoms with Gasteiger partial charge in [-0.25, -0.2) is 0 Å². The number of amides is 2. The zero-order valence-corrected chi connectivity index (χ0v) is 12.3. The smallest absolute Gasteiger partial charge is 0.251 e. The lowest BCUT2D eigenvalue weighted by Crippen LogP contribution is -2.39. The average molecular weight is 277 g/mol. The zero-order chi connectivity index (χ0) is 15.1. The number of hydrogen-bond acceptors (Lipinski definition) is 3. The van der Waals surface area contributed by atoms with E-state index in [1.54, 1.807) is 24.3 Å². The number of hydrogen-bond donors (Lipinski definition) is 3. The second kappa shape index (κ2) is 7.65. The van der Waals surface area contributed by atoms with Gasteiger partial charge < -0.3 is 16.4 Å². The van der Waals surface area contributed by atoms with E-state index in [1.165, 1.54) is 0 Å². The number of benzene rings is 1. The van der Waals surface area contributed by atoms with Gasteiger partial charge in [0.1, 0.15) is 0 Å². The molecule has 0 unspecified atom stereocenters. The standard InChI is InChI=1S/C15H23N3O2/c1-4-8-17-14(19)11-6-5-7-12(9-11)18-15(20)13(16)10(2)3/h5-7,9-10,13H,4,8,16H2,1-3H3,(H,17,19)(H,18,20)/t13-/m0/s1. The molecule has 0 saturated carbocycles. The molecule has 0 aliphatic carbocycles. The van der Waals surface area contributed by atoms with Crippen LogP contribution in [0.4, 0.5) is 5.69 Å². The number of rotatable bonds is 6. The van der Waals surface area contributed by atoms with Gasteiger partial charge in [0.25, 0.3) is 5.91 Å². The Hall–Kier alpha value is -1.88. The van der Waals surface area contributed by atoms with Crippen molar-refractivity contribution in [3.05, 3.63) is 29.8 Å². The maximum atomic E-state index is 11.9. The van der Waals surface area contributed by atoms with Crippen molar-refractivity contribution in [2.75, 3.05) is 11.9 Å². The number of nitrogens with two attached hydrogens (primary N) is 1. The van der Waals surface area contributed by atoms with Crippen LogP contribution >= 0.6 is 0 Å². The Kier molecular flexibility index (Phi) is 6.18.